The fraction of sp³-hybridized carbons (Fsp3) is 0.462. The molecule has 1 atom stereocenters. The summed E-state index contributed by atoms with van der Waals surface area (Å²) < 4.78 is 0. The molecule has 1 N–H and O–H groups in total. The monoisotopic (exact) mass is 270 g/mol. The summed E-state index contributed by atoms with van der Waals surface area (Å²) in [4.78, 5) is 10.9. The van der Waals surface area contributed by atoms with E-state index in [0.717, 1.165) is 11.6 Å². The average molecular weight is 271 g/mol. The standard InChI is InChI=1S/C13H19ClO2Si/c1-9(8-17(2,3)4)11-7-10(13(15)16)5-6-12(11)14/h5-7,9H,8H2,1-4H3,(H,15,16). The summed E-state index contributed by atoms with van der Waals surface area (Å²) in [5.74, 6) is -0.586. The Morgan fingerprint density at radius 1 is 1.41 bits per heavy atom. The number of halogens is 1. The molecule has 0 aliphatic heterocycles. The van der Waals surface area contributed by atoms with Gasteiger partial charge in [0, 0.05) is 13.1 Å². The van der Waals surface area contributed by atoms with Gasteiger partial charge in [-0.1, -0.05) is 44.2 Å². The number of hydrogen-bond donors (Lipinski definition) is 1. The van der Waals surface area contributed by atoms with Gasteiger partial charge in [-0.15, -0.1) is 0 Å². The predicted molar refractivity (Wildman–Crippen MR) is 75.0 cm³/mol. The Hall–Kier alpha value is -0.803. The van der Waals surface area contributed by atoms with Gasteiger partial charge < -0.3 is 5.11 Å². The van der Waals surface area contributed by atoms with Gasteiger partial charge in [0.05, 0.1) is 5.56 Å². The van der Waals surface area contributed by atoms with Crippen LogP contribution in [0.25, 0.3) is 0 Å². The summed E-state index contributed by atoms with van der Waals surface area (Å²) in [7, 11) is -1.18. The van der Waals surface area contributed by atoms with Gasteiger partial charge in [0.2, 0.25) is 0 Å². The zero-order valence-electron chi connectivity index (χ0n) is 10.7. The summed E-state index contributed by atoms with van der Waals surface area (Å²) >= 11 is 6.15. The summed E-state index contributed by atoms with van der Waals surface area (Å²) in [5.41, 5.74) is 1.26. The molecule has 1 unspecified atom stereocenters. The van der Waals surface area contributed by atoms with Gasteiger partial charge in [-0.05, 0) is 29.7 Å². The maximum atomic E-state index is 10.9. The molecule has 94 valence electrons. The van der Waals surface area contributed by atoms with Gasteiger partial charge in [0.15, 0.2) is 0 Å². The maximum Gasteiger partial charge on any atom is 0.335 e. The fourth-order valence-electron chi connectivity index (χ4n) is 2.08. The Morgan fingerprint density at radius 2 is 2.00 bits per heavy atom. The zero-order valence-corrected chi connectivity index (χ0v) is 12.5. The molecule has 2 nitrogen and oxygen atoms in total. The quantitative estimate of drug-likeness (QED) is 0.819. The highest BCUT2D eigenvalue weighted by molar-refractivity contribution is 6.76. The van der Waals surface area contributed by atoms with E-state index in [1.165, 1.54) is 0 Å². The molecule has 0 aliphatic rings. The van der Waals surface area contributed by atoms with E-state index < -0.39 is 14.0 Å². The number of hydrogen-bond acceptors (Lipinski definition) is 1. The molecule has 0 amide bonds. The lowest BCUT2D eigenvalue weighted by molar-refractivity contribution is 0.0697. The summed E-state index contributed by atoms with van der Waals surface area (Å²) in [6, 6.07) is 6.04. The van der Waals surface area contributed by atoms with Crippen LogP contribution in [0.5, 0.6) is 0 Å². The van der Waals surface area contributed by atoms with Crippen LogP contribution in [-0.4, -0.2) is 19.1 Å². The third kappa shape index (κ3) is 4.17. The van der Waals surface area contributed by atoms with Crippen LogP contribution in [0, 0.1) is 0 Å². The van der Waals surface area contributed by atoms with Crippen LogP contribution >= 0.6 is 11.6 Å². The highest BCUT2D eigenvalue weighted by Gasteiger charge is 2.20. The van der Waals surface area contributed by atoms with Crippen molar-refractivity contribution < 1.29 is 9.90 Å². The molecule has 1 rings (SSSR count). The van der Waals surface area contributed by atoms with Gasteiger partial charge in [0.1, 0.15) is 0 Å². The molecule has 0 fully saturated rings. The van der Waals surface area contributed by atoms with Crippen molar-refractivity contribution in [3.63, 3.8) is 0 Å². The van der Waals surface area contributed by atoms with Crippen LogP contribution in [-0.2, 0) is 0 Å². The highest BCUT2D eigenvalue weighted by Crippen LogP contribution is 2.31. The third-order valence-corrected chi connectivity index (χ3v) is 4.87. The second kappa shape index (κ2) is 5.23. The molecule has 0 radical (unpaired) electrons. The number of carbonyl (C=O) groups is 1. The molecule has 0 spiro atoms. The topological polar surface area (TPSA) is 37.3 Å². The van der Waals surface area contributed by atoms with Crippen molar-refractivity contribution in [2.24, 2.45) is 0 Å². The molecular weight excluding hydrogens is 252 g/mol. The minimum atomic E-state index is -1.18. The van der Waals surface area contributed by atoms with Crippen molar-refractivity contribution in [3.05, 3.63) is 34.3 Å². The lowest BCUT2D eigenvalue weighted by atomic mass is 10.0. The Morgan fingerprint density at radius 3 is 2.47 bits per heavy atom. The highest BCUT2D eigenvalue weighted by atomic mass is 35.5. The van der Waals surface area contributed by atoms with Crippen molar-refractivity contribution in [2.75, 3.05) is 0 Å². The van der Waals surface area contributed by atoms with Gasteiger partial charge >= 0.3 is 5.97 Å². The largest absolute Gasteiger partial charge is 0.478 e. The van der Waals surface area contributed by atoms with E-state index in [1.54, 1.807) is 18.2 Å². The first kappa shape index (κ1) is 14.3. The van der Waals surface area contributed by atoms with Crippen LogP contribution in [0.2, 0.25) is 30.7 Å². The van der Waals surface area contributed by atoms with E-state index in [9.17, 15) is 4.79 Å². The normalized spacial score (nSPS) is 13.5. The first-order valence-electron chi connectivity index (χ1n) is 5.73. The Labute approximate surface area is 109 Å². The summed E-state index contributed by atoms with van der Waals surface area (Å²) in [5, 5.41) is 9.65. The SMILES string of the molecule is CC(C[Si](C)(C)C)c1cc(C(=O)O)ccc1Cl. The zero-order chi connectivity index (χ0) is 13.2. The van der Waals surface area contributed by atoms with Crippen molar-refractivity contribution in [2.45, 2.75) is 38.5 Å². The van der Waals surface area contributed by atoms with E-state index in [0.29, 0.717) is 16.5 Å². The van der Waals surface area contributed by atoms with E-state index in [4.69, 9.17) is 16.7 Å². The second-order valence-electron chi connectivity index (χ2n) is 5.71. The van der Waals surface area contributed by atoms with Gasteiger partial charge in [-0.3, -0.25) is 0 Å². The molecule has 4 heteroatoms. The van der Waals surface area contributed by atoms with Crippen molar-refractivity contribution in [1.82, 2.24) is 0 Å². The summed E-state index contributed by atoms with van der Waals surface area (Å²) in [6.45, 7) is 9.03. The molecule has 17 heavy (non-hydrogen) atoms. The molecule has 0 aliphatic carbocycles. The van der Waals surface area contributed by atoms with Gasteiger partial charge in [-0.2, -0.15) is 0 Å². The number of carboxylic acid groups (broad SMARTS) is 1. The van der Waals surface area contributed by atoms with Crippen LogP contribution in [0.3, 0.4) is 0 Å². The molecule has 1 aromatic rings. The first-order chi connectivity index (χ1) is 7.70. The van der Waals surface area contributed by atoms with E-state index >= 15 is 0 Å². The van der Waals surface area contributed by atoms with Crippen LogP contribution in [0.1, 0.15) is 28.8 Å². The molecule has 0 bridgehead atoms. The Bertz CT molecular complexity index is 424. The number of aromatic carboxylic acids is 1. The molecule has 0 saturated heterocycles. The molecule has 0 heterocycles. The lowest BCUT2D eigenvalue weighted by Crippen LogP contribution is -2.22. The molecule has 1 aromatic carbocycles. The molecular formula is C13H19ClO2Si. The van der Waals surface area contributed by atoms with Crippen molar-refractivity contribution >= 4 is 25.6 Å². The number of carboxylic acids is 1. The van der Waals surface area contributed by atoms with Crippen molar-refractivity contribution in [1.29, 1.82) is 0 Å². The third-order valence-electron chi connectivity index (χ3n) is 2.69. The minimum Gasteiger partial charge on any atom is -0.478 e. The Balaban J connectivity index is 3.04. The minimum absolute atomic E-state index is 0.312. The second-order valence-corrected chi connectivity index (χ2v) is 11.6. The Kier molecular flexibility index (Phi) is 4.39. The number of benzene rings is 1. The van der Waals surface area contributed by atoms with E-state index in [-0.39, 0.29) is 0 Å². The van der Waals surface area contributed by atoms with E-state index in [2.05, 4.69) is 26.6 Å². The van der Waals surface area contributed by atoms with Crippen molar-refractivity contribution in [3.8, 4) is 0 Å². The maximum absolute atomic E-state index is 10.9. The van der Waals surface area contributed by atoms with Gasteiger partial charge in [-0.25, -0.2) is 4.79 Å². The number of rotatable bonds is 4. The fourth-order valence-corrected chi connectivity index (χ4v) is 4.44. The van der Waals surface area contributed by atoms with Gasteiger partial charge in [0.25, 0.3) is 0 Å². The lowest BCUT2D eigenvalue weighted by Gasteiger charge is -2.22. The average Bonchev–Trinajstić information content (AvgIpc) is 2.14. The first-order valence-corrected chi connectivity index (χ1v) is 9.82. The summed E-state index contributed by atoms with van der Waals surface area (Å²) in [6.07, 6.45) is 0. The smallest absolute Gasteiger partial charge is 0.335 e. The molecule has 0 aromatic heterocycles. The van der Waals surface area contributed by atoms with Crippen LogP contribution in [0.4, 0.5) is 0 Å². The van der Waals surface area contributed by atoms with Crippen LogP contribution in [0.15, 0.2) is 18.2 Å². The van der Waals surface area contributed by atoms with E-state index in [1.807, 2.05) is 0 Å². The molecule has 0 saturated carbocycles. The van der Waals surface area contributed by atoms with Crippen LogP contribution < -0.4 is 0 Å². The predicted octanol–water partition coefficient (Wildman–Crippen LogP) is 4.48.